The van der Waals surface area contributed by atoms with E-state index in [1.165, 1.54) is 11.3 Å². The molecule has 0 saturated carbocycles. The van der Waals surface area contributed by atoms with E-state index in [1.807, 2.05) is 12.3 Å². The molecule has 0 amide bonds. The number of carbonyl (C=O) groups is 1. The van der Waals surface area contributed by atoms with Crippen LogP contribution in [0.25, 0.3) is 0 Å². The summed E-state index contributed by atoms with van der Waals surface area (Å²) in [7, 11) is 0. The third kappa shape index (κ3) is 3.16. The van der Waals surface area contributed by atoms with E-state index >= 15 is 0 Å². The zero-order chi connectivity index (χ0) is 14.0. The van der Waals surface area contributed by atoms with Gasteiger partial charge in [0.1, 0.15) is 11.6 Å². The lowest BCUT2D eigenvalue weighted by atomic mass is 10.2. The lowest BCUT2D eigenvalue weighted by Crippen LogP contribution is -2.22. The lowest BCUT2D eigenvalue weighted by Gasteiger charge is -2.04. The summed E-state index contributed by atoms with van der Waals surface area (Å²) in [6.45, 7) is 1.88. The predicted octanol–water partition coefficient (Wildman–Crippen LogP) is 0.335. The van der Waals surface area contributed by atoms with Crippen molar-refractivity contribution in [2.24, 2.45) is 0 Å². The van der Waals surface area contributed by atoms with Gasteiger partial charge in [0.05, 0.1) is 22.7 Å². The Kier molecular flexibility index (Phi) is 3.61. The van der Waals surface area contributed by atoms with Crippen molar-refractivity contribution in [3.8, 4) is 0 Å². The minimum atomic E-state index is -1.12. The quantitative estimate of drug-likeness (QED) is 0.742. The monoisotopic (exact) mass is 280 g/mol. The fourth-order valence-electron chi connectivity index (χ4n) is 1.63. The summed E-state index contributed by atoms with van der Waals surface area (Å²) in [6, 6.07) is 0. The third-order valence-corrected chi connectivity index (χ3v) is 3.26. The van der Waals surface area contributed by atoms with Gasteiger partial charge in [-0.05, 0) is 6.92 Å². The number of nitrogens with two attached hydrogens (primary N) is 1. The van der Waals surface area contributed by atoms with Gasteiger partial charge in [-0.1, -0.05) is 0 Å². The number of aromatic amines is 1. The minimum absolute atomic E-state index is 0.0225. The molecule has 0 aliphatic carbocycles. The Morgan fingerprint density at radius 3 is 2.79 bits per heavy atom. The first kappa shape index (κ1) is 13.2. The molecule has 0 unspecified atom stereocenters. The van der Waals surface area contributed by atoms with Crippen LogP contribution in [-0.4, -0.2) is 26.0 Å². The highest BCUT2D eigenvalue weighted by molar-refractivity contribution is 7.09. The van der Waals surface area contributed by atoms with E-state index in [0.29, 0.717) is 12.2 Å². The molecule has 8 heteroatoms. The largest absolute Gasteiger partial charge is 0.481 e. The standard InChI is InChI=1S/C11H12N4O3S/c1-5-13-6(4-19-5)2-8-14-10(12)7(3-9(16)17)11(18)15-8/h4H,2-3H2,1H3,(H,16,17)(H3,12,14,15,18). The Morgan fingerprint density at radius 2 is 2.26 bits per heavy atom. The second kappa shape index (κ2) is 5.19. The summed E-state index contributed by atoms with van der Waals surface area (Å²) >= 11 is 1.50. The molecule has 0 radical (unpaired) electrons. The van der Waals surface area contributed by atoms with E-state index in [2.05, 4.69) is 15.0 Å². The van der Waals surface area contributed by atoms with Crippen LogP contribution in [0.4, 0.5) is 5.82 Å². The second-order valence-corrected chi connectivity index (χ2v) is 5.04. The van der Waals surface area contributed by atoms with Crippen LogP contribution in [0, 0.1) is 6.92 Å². The second-order valence-electron chi connectivity index (χ2n) is 3.98. The number of aryl methyl sites for hydroxylation is 1. The first-order valence-electron chi connectivity index (χ1n) is 5.46. The molecule has 100 valence electrons. The topological polar surface area (TPSA) is 122 Å². The number of thiazole rings is 1. The SMILES string of the molecule is Cc1nc(Cc2nc(N)c(CC(=O)O)c(=O)[nH]2)cs1. The predicted molar refractivity (Wildman–Crippen MR) is 70.3 cm³/mol. The van der Waals surface area contributed by atoms with Crippen LogP contribution in [0.2, 0.25) is 0 Å². The molecule has 0 aliphatic rings. The molecule has 0 saturated heterocycles. The van der Waals surface area contributed by atoms with E-state index in [9.17, 15) is 9.59 Å². The molecule has 19 heavy (non-hydrogen) atoms. The Hall–Kier alpha value is -2.22. The molecule has 0 fully saturated rings. The summed E-state index contributed by atoms with van der Waals surface area (Å²) in [5.74, 6) is -0.795. The van der Waals surface area contributed by atoms with Gasteiger partial charge in [-0.25, -0.2) is 9.97 Å². The molecule has 0 atom stereocenters. The molecule has 2 heterocycles. The van der Waals surface area contributed by atoms with E-state index in [-0.39, 0.29) is 11.4 Å². The van der Waals surface area contributed by atoms with Crippen LogP contribution < -0.4 is 11.3 Å². The molecular weight excluding hydrogens is 268 g/mol. The molecule has 0 aromatic carbocycles. The Morgan fingerprint density at radius 1 is 1.53 bits per heavy atom. The molecule has 0 aliphatic heterocycles. The summed E-state index contributed by atoms with van der Waals surface area (Å²) in [6.07, 6.45) is -0.0820. The Balaban J connectivity index is 2.29. The number of nitrogen functional groups attached to an aromatic ring is 1. The van der Waals surface area contributed by atoms with Crippen molar-refractivity contribution in [1.29, 1.82) is 0 Å². The average molecular weight is 280 g/mol. The van der Waals surface area contributed by atoms with Crippen molar-refractivity contribution in [1.82, 2.24) is 15.0 Å². The normalized spacial score (nSPS) is 10.6. The maximum absolute atomic E-state index is 11.7. The van der Waals surface area contributed by atoms with Crippen LogP contribution in [0.3, 0.4) is 0 Å². The molecule has 2 rings (SSSR count). The van der Waals surface area contributed by atoms with E-state index < -0.39 is 17.9 Å². The van der Waals surface area contributed by atoms with Gasteiger partial charge in [0.15, 0.2) is 0 Å². The maximum Gasteiger partial charge on any atom is 0.308 e. The number of carboxylic acid groups (broad SMARTS) is 1. The maximum atomic E-state index is 11.7. The van der Waals surface area contributed by atoms with Crippen LogP contribution in [0.15, 0.2) is 10.2 Å². The van der Waals surface area contributed by atoms with Crippen LogP contribution in [0.5, 0.6) is 0 Å². The number of nitrogens with zero attached hydrogens (tertiary/aromatic N) is 2. The number of hydrogen-bond acceptors (Lipinski definition) is 6. The van der Waals surface area contributed by atoms with Crippen LogP contribution >= 0.6 is 11.3 Å². The number of nitrogens with one attached hydrogen (secondary N) is 1. The van der Waals surface area contributed by atoms with Crippen molar-refractivity contribution in [3.63, 3.8) is 0 Å². The highest BCUT2D eigenvalue weighted by Gasteiger charge is 2.13. The fourth-order valence-corrected chi connectivity index (χ4v) is 2.24. The lowest BCUT2D eigenvalue weighted by molar-refractivity contribution is -0.136. The van der Waals surface area contributed by atoms with E-state index in [0.717, 1.165) is 10.7 Å². The molecule has 7 nitrogen and oxygen atoms in total. The van der Waals surface area contributed by atoms with E-state index in [4.69, 9.17) is 10.8 Å². The summed E-state index contributed by atoms with van der Waals surface area (Å²) < 4.78 is 0. The van der Waals surface area contributed by atoms with Crippen LogP contribution in [0.1, 0.15) is 22.1 Å². The number of rotatable bonds is 4. The van der Waals surface area contributed by atoms with Gasteiger partial charge in [-0.15, -0.1) is 11.3 Å². The summed E-state index contributed by atoms with van der Waals surface area (Å²) in [5.41, 5.74) is 5.87. The summed E-state index contributed by atoms with van der Waals surface area (Å²) in [5, 5.41) is 11.5. The Bertz CT molecular complexity index is 677. The van der Waals surface area contributed by atoms with Crippen molar-refractivity contribution in [3.05, 3.63) is 37.8 Å². The highest BCUT2D eigenvalue weighted by Crippen LogP contribution is 2.12. The van der Waals surface area contributed by atoms with Crippen molar-refractivity contribution in [2.45, 2.75) is 19.8 Å². The smallest absolute Gasteiger partial charge is 0.308 e. The van der Waals surface area contributed by atoms with Crippen LogP contribution in [-0.2, 0) is 17.6 Å². The zero-order valence-corrected chi connectivity index (χ0v) is 11.0. The average Bonchev–Trinajstić information content (AvgIpc) is 2.69. The first-order valence-corrected chi connectivity index (χ1v) is 6.34. The molecule has 0 spiro atoms. The van der Waals surface area contributed by atoms with Gasteiger partial charge >= 0.3 is 5.97 Å². The number of hydrogen-bond donors (Lipinski definition) is 3. The molecule has 2 aromatic rings. The number of aliphatic carboxylic acids is 1. The third-order valence-electron chi connectivity index (χ3n) is 2.44. The molecular formula is C11H12N4O3S. The van der Waals surface area contributed by atoms with Crippen molar-refractivity contribution >= 4 is 23.1 Å². The van der Waals surface area contributed by atoms with Gasteiger partial charge < -0.3 is 15.8 Å². The van der Waals surface area contributed by atoms with Gasteiger partial charge in [0.25, 0.3) is 5.56 Å². The number of aromatic nitrogens is 3. The number of carboxylic acids is 1. The molecule has 4 N–H and O–H groups in total. The zero-order valence-electron chi connectivity index (χ0n) is 10.1. The van der Waals surface area contributed by atoms with Crippen molar-refractivity contribution in [2.75, 3.05) is 5.73 Å². The van der Waals surface area contributed by atoms with Gasteiger partial charge in [-0.3, -0.25) is 9.59 Å². The number of H-pyrrole nitrogens is 1. The minimum Gasteiger partial charge on any atom is -0.481 e. The molecule has 0 bridgehead atoms. The van der Waals surface area contributed by atoms with Gasteiger partial charge in [-0.2, -0.15) is 0 Å². The first-order chi connectivity index (χ1) is 8.95. The van der Waals surface area contributed by atoms with E-state index in [1.54, 1.807) is 0 Å². The fraction of sp³-hybridized carbons (Fsp3) is 0.273. The van der Waals surface area contributed by atoms with Gasteiger partial charge in [0.2, 0.25) is 0 Å². The summed E-state index contributed by atoms with van der Waals surface area (Å²) in [4.78, 5) is 33.1. The highest BCUT2D eigenvalue weighted by atomic mass is 32.1. The Labute approximate surface area is 112 Å². The number of anilines is 1. The molecule has 2 aromatic heterocycles. The van der Waals surface area contributed by atoms with Crippen molar-refractivity contribution < 1.29 is 9.90 Å². The van der Waals surface area contributed by atoms with Gasteiger partial charge in [0, 0.05) is 11.8 Å².